The van der Waals surface area contributed by atoms with Gasteiger partial charge >= 0.3 is 5.63 Å². The molecule has 1 aromatic rings. The van der Waals surface area contributed by atoms with E-state index in [0.717, 1.165) is 6.42 Å². The predicted octanol–water partition coefficient (Wildman–Crippen LogP) is 0.226. The summed E-state index contributed by atoms with van der Waals surface area (Å²) < 4.78 is 6.12. The summed E-state index contributed by atoms with van der Waals surface area (Å²) in [5, 5.41) is 2.49. The molecule has 4 heteroatoms. The Morgan fingerprint density at radius 2 is 2.60 bits per heavy atom. The highest BCUT2D eigenvalue weighted by Crippen LogP contribution is 1.95. The van der Waals surface area contributed by atoms with Gasteiger partial charge in [0.25, 0.3) is 6.20 Å². The molecule has 0 spiro atoms. The van der Waals surface area contributed by atoms with Crippen molar-refractivity contribution in [2.24, 2.45) is 0 Å². The maximum Gasteiger partial charge on any atom is 0.426 e. The molecule has 0 aliphatic heterocycles. The molecule has 0 saturated carbocycles. The van der Waals surface area contributed by atoms with Gasteiger partial charge < -0.3 is 0 Å². The monoisotopic (exact) mass is 143 g/mol. The Balaban J connectivity index is 2.84. The van der Waals surface area contributed by atoms with Gasteiger partial charge in [0.1, 0.15) is 0 Å². The van der Waals surface area contributed by atoms with Crippen LogP contribution in [0.25, 0.3) is 0 Å². The van der Waals surface area contributed by atoms with Crippen molar-refractivity contribution in [1.29, 1.82) is 0 Å². The quantitative estimate of drug-likeness (QED) is 0.602. The molecule has 0 saturated heterocycles. The second-order valence-corrected chi connectivity index (χ2v) is 2.31. The second kappa shape index (κ2) is 2.68. The lowest BCUT2D eigenvalue weighted by Crippen LogP contribution is -2.38. The van der Waals surface area contributed by atoms with Crippen molar-refractivity contribution in [2.75, 3.05) is 0 Å². The zero-order chi connectivity index (χ0) is 7.56. The summed E-state index contributed by atoms with van der Waals surface area (Å²) >= 11 is 0. The molecular weight excluding hydrogens is 132 g/mol. The van der Waals surface area contributed by atoms with Crippen molar-refractivity contribution in [2.45, 2.75) is 26.3 Å². The molecule has 1 aromatic heterocycles. The summed E-state index contributed by atoms with van der Waals surface area (Å²) in [6.45, 7) is 4.05. The summed E-state index contributed by atoms with van der Waals surface area (Å²) in [6.07, 6.45) is 2.38. The maximum atomic E-state index is 10.5. The number of hydrogen-bond acceptors (Lipinski definition) is 2. The molecular formula is C6H11N2O2+. The van der Waals surface area contributed by atoms with Gasteiger partial charge in [-0.15, -0.1) is 0 Å². The number of nitrogens with one attached hydrogen (secondary N) is 1. The third-order valence-corrected chi connectivity index (χ3v) is 1.56. The highest BCUT2D eigenvalue weighted by Gasteiger charge is 2.12. The van der Waals surface area contributed by atoms with Crippen LogP contribution in [0.15, 0.2) is 15.5 Å². The van der Waals surface area contributed by atoms with E-state index in [1.165, 1.54) is 6.20 Å². The molecule has 0 radical (unpaired) electrons. The first-order valence-electron chi connectivity index (χ1n) is 3.33. The van der Waals surface area contributed by atoms with E-state index in [4.69, 9.17) is 0 Å². The topological polar surface area (TPSA) is 49.9 Å². The normalized spacial score (nSPS) is 13.4. The molecule has 0 aromatic carbocycles. The third-order valence-electron chi connectivity index (χ3n) is 1.56. The number of aromatic amines is 1. The van der Waals surface area contributed by atoms with Crippen LogP contribution in [0.2, 0.25) is 0 Å². The van der Waals surface area contributed by atoms with E-state index in [1.807, 2.05) is 13.8 Å². The molecule has 0 fully saturated rings. The van der Waals surface area contributed by atoms with Gasteiger partial charge in [0.2, 0.25) is 0 Å². The van der Waals surface area contributed by atoms with Crippen molar-refractivity contribution in [3.8, 4) is 0 Å². The molecule has 1 N–H and O–H groups in total. The van der Waals surface area contributed by atoms with Gasteiger partial charge in [0.05, 0.1) is 0 Å². The Kier molecular flexibility index (Phi) is 1.89. The average molecular weight is 143 g/mol. The number of H-pyrrole nitrogens is 1. The van der Waals surface area contributed by atoms with Crippen LogP contribution in [0, 0.1) is 0 Å². The van der Waals surface area contributed by atoms with Gasteiger partial charge in [0.15, 0.2) is 6.04 Å². The SMILES string of the molecule is CC[C@H](C)[n+]1cc(=O)o[nH]1. The van der Waals surface area contributed by atoms with Gasteiger partial charge in [-0.3, -0.25) is 4.52 Å². The van der Waals surface area contributed by atoms with Crippen LogP contribution in [-0.4, -0.2) is 5.27 Å². The molecule has 4 nitrogen and oxygen atoms in total. The Labute approximate surface area is 58.4 Å². The first-order valence-corrected chi connectivity index (χ1v) is 3.33. The smallest absolute Gasteiger partial charge is 0.284 e. The van der Waals surface area contributed by atoms with Crippen LogP contribution in [0.1, 0.15) is 26.3 Å². The van der Waals surface area contributed by atoms with E-state index < -0.39 is 0 Å². The van der Waals surface area contributed by atoms with E-state index in [1.54, 1.807) is 4.68 Å². The molecule has 0 bridgehead atoms. The molecule has 0 aliphatic rings. The van der Waals surface area contributed by atoms with E-state index in [0.29, 0.717) is 6.04 Å². The van der Waals surface area contributed by atoms with E-state index >= 15 is 0 Å². The Hall–Kier alpha value is -1.06. The fourth-order valence-electron chi connectivity index (χ4n) is 0.678. The molecule has 0 unspecified atom stereocenters. The van der Waals surface area contributed by atoms with Gasteiger partial charge in [-0.2, -0.15) is 0 Å². The summed E-state index contributed by atoms with van der Waals surface area (Å²) in [6, 6.07) is 0.298. The lowest BCUT2D eigenvalue weighted by Gasteiger charge is -1.94. The lowest BCUT2D eigenvalue weighted by atomic mass is 10.3. The van der Waals surface area contributed by atoms with Gasteiger partial charge in [-0.1, -0.05) is 11.6 Å². The Morgan fingerprint density at radius 1 is 1.90 bits per heavy atom. The zero-order valence-corrected chi connectivity index (χ0v) is 6.13. The van der Waals surface area contributed by atoms with Crippen molar-refractivity contribution < 1.29 is 9.20 Å². The number of hydrogen-bond donors (Lipinski definition) is 1. The average Bonchev–Trinajstić information content (AvgIpc) is 2.34. The molecule has 1 rings (SSSR count). The fourth-order valence-corrected chi connectivity index (χ4v) is 0.678. The number of nitrogens with zero attached hydrogens (tertiary/aromatic N) is 1. The van der Waals surface area contributed by atoms with E-state index in [2.05, 4.69) is 9.79 Å². The van der Waals surface area contributed by atoms with Crippen LogP contribution < -0.4 is 10.3 Å². The number of aromatic nitrogens is 2. The standard InChI is InChI=1S/C6H10N2O2/c1-3-5(2)8-4-6(9)10-7-8/h4-5H,3H2,1-2H3/p+1/t5-/m0/s1. The van der Waals surface area contributed by atoms with Crippen molar-refractivity contribution >= 4 is 0 Å². The summed E-state index contributed by atoms with van der Waals surface area (Å²) in [5.74, 6) is 0. The molecule has 56 valence electrons. The number of rotatable bonds is 2. The van der Waals surface area contributed by atoms with Crippen LogP contribution in [0.3, 0.4) is 0 Å². The van der Waals surface area contributed by atoms with Gasteiger partial charge in [-0.25, -0.2) is 4.79 Å². The lowest BCUT2D eigenvalue weighted by molar-refractivity contribution is -0.782. The Morgan fingerprint density at radius 3 is 3.00 bits per heavy atom. The summed E-state index contributed by atoms with van der Waals surface area (Å²) in [7, 11) is 0. The van der Waals surface area contributed by atoms with Crippen molar-refractivity contribution in [3.63, 3.8) is 0 Å². The highest BCUT2D eigenvalue weighted by atomic mass is 16.5. The molecule has 1 atom stereocenters. The second-order valence-electron chi connectivity index (χ2n) is 2.31. The maximum absolute atomic E-state index is 10.5. The fraction of sp³-hybridized carbons (Fsp3) is 0.667. The van der Waals surface area contributed by atoms with E-state index in [9.17, 15) is 4.79 Å². The minimum absolute atomic E-state index is 0.298. The van der Waals surface area contributed by atoms with Gasteiger partial charge in [0, 0.05) is 13.3 Å². The zero-order valence-electron chi connectivity index (χ0n) is 6.13. The minimum atomic E-state index is -0.333. The highest BCUT2D eigenvalue weighted by molar-refractivity contribution is 4.50. The third kappa shape index (κ3) is 1.26. The first-order chi connectivity index (χ1) is 4.74. The van der Waals surface area contributed by atoms with Crippen molar-refractivity contribution in [3.05, 3.63) is 16.6 Å². The van der Waals surface area contributed by atoms with Crippen LogP contribution >= 0.6 is 0 Å². The molecule has 0 amide bonds. The molecule has 0 aliphatic carbocycles. The van der Waals surface area contributed by atoms with E-state index in [-0.39, 0.29) is 5.63 Å². The minimum Gasteiger partial charge on any atom is -0.284 e. The summed E-state index contributed by atoms with van der Waals surface area (Å²) in [5.41, 5.74) is -0.333. The largest absolute Gasteiger partial charge is 0.426 e. The van der Waals surface area contributed by atoms with Crippen LogP contribution in [-0.2, 0) is 0 Å². The predicted molar refractivity (Wildman–Crippen MR) is 34.5 cm³/mol. The summed E-state index contributed by atoms with van der Waals surface area (Å²) in [4.78, 5) is 10.5. The Bertz CT molecular complexity index is 250. The van der Waals surface area contributed by atoms with Crippen molar-refractivity contribution in [1.82, 2.24) is 5.27 Å². The van der Waals surface area contributed by atoms with Gasteiger partial charge in [-0.05, 0) is 5.27 Å². The first kappa shape index (κ1) is 7.05. The molecule has 10 heavy (non-hydrogen) atoms. The van der Waals surface area contributed by atoms with Crippen LogP contribution in [0.5, 0.6) is 0 Å². The van der Waals surface area contributed by atoms with Crippen LogP contribution in [0.4, 0.5) is 0 Å². The molecule has 1 heterocycles.